The third kappa shape index (κ3) is 4.39. The molecule has 1 aliphatic carbocycles. The zero-order valence-electron chi connectivity index (χ0n) is 16.7. The smallest absolute Gasteiger partial charge is 0.247 e. The largest absolute Gasteiger partial charge is 0.380 e. The highest BCUT2D eigenvalue weighted by Gasteiger charge is 2.49. The predicted molar refractivity (Wildman–Crippen MR) is 109 cm³/mol. The summed E-state index contributed by atoms with van der Waals surface area (Å²) in [4.78, 5) is 30.1. The molecule has 0 bridgehead atoms. The minimum absolute atomic E-state index is 0.0123. The van der Waals surface area contributed by atoms with Crippen LogP contribution in [0.5, 0.6) is 0 Å². The Morgan fingerprint density at radius 2 is 1.97 bits per heavy atom. The maximum absolute atomic E-state index is 13.8. The number of piperidine rings is 1. The van der Waals surface area contributed by atoms with Crippen LogP contribution in [0.25, 0.3) is 0 Å². The maximum atomic E-state index is 13.8. The third-order valence-corrected chi connectivity index (χ3v) is 7.70. The Bertz CT molecular complexity index is 638. The summed E-state index contributed by atoms with van der Waals surface area (Å²) in [6.45, 7) is 4.20. The Morgan fingerprint density at radius 1 is 1.21 bits per heavy atom. The van der Waals surface area contributed by atoms with Gasteiger partial charge >= 0.3 is 0 Å². The summed E-state index contributed by atoms with van der Waals surface area (Å²) in [5, 5.41) is 2.88. The maximum Gasteiger partial charge on any atom is 0.247 e. The Labute approximate surface area is 181 Å². The Hall–Kier alpha value is -0.630. The minimum atomic E-state index is -0.984. The summed E-state index contributed by atoms with van der Waals surface area (Å²) < 4.78 is 19.1. The van der Waals surface area contributed by atoms with Crippen LogP contribution in [0, 0.1) is 17.8 Å². The fourth-order valence-corrected chi connectivity index (χ4v) is 5.95. The van der Waals surface area contributed by atoms with Gasteiger partial charge in [0.2, 0.25) is 11.8 Å². The van der Waals surface area contributed by atoms with E-state index in [1.54, 1.807) is 9.80 Å². The van der Waals surface area contributed by atoms with Gasteiger partial charge in [-0.1, -0.05) is 6.92 Å². The molecule has 29 heavy (non-hydrogen) atoms. The van der Waals surface area contributed by atoms with Crippen molar-refractivity contribution in [3.8, 4) is 0 Å². The van der Waals surface area contributed by atoms with Gasteiger partial charge in [-0.3, -0.25) is 14.9 Å². The number of carbonyl (C=O) groups is 2. The molecule has 4 fully saturated rings. The number of rotatable bonds is 4. The first-order valence-electron chi connectivity index (χ1n) is 10.7. The van der Waals surface area contributed by atoms with Crippen molar-refractivity contribution in [1.29, 1.82) is 0 Å². The molecule has 0 aromatic heterocycles. The van der Waals surface area contributed by atoms with E-state index in [4.69, 9.17) is 27.9 Å². The van der Waals surface area contributed by atoms with Crippen molar-refractivity contribution >= 4 is 35.0 Å². The fourth-order valence-electron chi connectivity index (χ4n) is 5.20. The van der Waals surface area contributed by atoms with Crippen LogP contribution >= 0.6 is 23.2 Å². The van der Waals surface area contributed by atoms with Crippen LogP contribution in [0.1, 0.15) is 32.6 Å². The second kappa shape index (κ2) is 8.85. The molecule has 4 rings (SSSR count). The van der Waals surface area contributed by atoms with Crippen LogP contribution in [0.3, 0.4) is 0 Å². The van der Waals surface area contributed by atoms with Crippen LogP contribution in [0.4, 0.5) is 4.39 Å². The lowest BCUT2D eigenvalue weighted by atomic mass is 9.85. The number of hydrogen-bond acceptors (Lipinski definition) is 4. The second-order valence-corrected chi connectivity index (χ2v) is 10.3. The summed E-state index contributed by atoms with van der Waals surface area (Å²) in [5.74, 6) is 0.247. The number of piperazine rings is 1. The third-order valence-electron chi connectivity index (χ3n) is 6.92. The number of nitrogens with one attached hydrogen (secondary N) is 1. The molecule has 0 aromatic carbocycles. The van der Waals surface area contributed by atoms with Crippen molar-refractivity contribution in [3.05, 3.63) is 0 Å². The van der Waals surface area contributed by atoms with E-state index >= 15 is 0 Å². The SMILES string of the molecule is CC1CC(Cl)CNC1N1CC(=O)N(CC2CCC(F)C(Cl)C2)[C@H](C2COC2)C1=O. The lowest BCUT2D eigenvalue weighted by Gasteiger charge is -2.50. The Morgan fingerprint density at radius 3 is 2.59 bits per heavy atom. The fraction of sp³-hybridized carbons (Fsp3) is 0.900. The number of ether oxygens (including phenoxy) is 1. The average molecular weight is 450 g/mol. The van der Waals surface area contributed by atoms with E-state index in [0.29, 0.717) is 45.6 Å². The van der Waals surface area contributed by atoms with Gasteiger partial charge < -0.3 is 14.5 Å². The minimum Gasteiger partial charge on any atom is -0.380 e. The molecule has 6 unspecified atom stereocenters. The molecular weight excluding hydrogens is 420 g/mol. The first-order valence-corrected chi connectivity index (χ1v) is 11.6. The van der Waals surface area contributed by atoms with Crippen molar-refractivity contribution in [3.63, 3.8) is 0 Å². The highest BCUT2D eigenvalue weighted by atomic mass is 35.5. The first kappa shape index (κ1) is 21.6. The number of carbonyl (C=O) groups excluding carboxylic acids is 2. The average Bonchev–Trinajstić information content (AvgIpc) is 2.62. The summed E-state index contributed by atoms with van der Waals surface area (Å²) in [7, 11) is 0. The van der Waals surface area contributed by atoms with Gasteiger partial charge in [0.1, 0.15) is 18.8 Å². The predicted octanol–water partition coefficient (Wildman–Crippen LogP) is 1.98. The van der Waals surface area contributed by atoms with Crippen LogP contribution in [0.15, 0.2) is 0 Å². The number of halogens is 3. The van der Waals surface area contributed by atoms with Crippen molar-refractivity contribution in [2.24, 2.45) is 17.8 Å². The number of amides is 2. The van der Waals surface area contributed by atoms with Crippen molar-refractivity contribution in [2.75, 3.05) is 32.8 Å². The van der Waals surface area contributed by atoms with Crippen molar-refractivity contribution in [1.82, 2.24) is 15.1 Å². The number of alkyl halides is 3. The van der Waals surface area contributed by atoms with E-state index in [2.05, 4.69) is 12.2 Å². The molecule has 0 radical (unpaired) electrons. The normalized spacial score (nSPS) is 42.1. The monoisotopic (exact) mass is 449 g/mol. The molecule has 3 saturated heterocycles. The standard InChI is InChI=1S/C20H30Cl2FN3O3/c1-11-4-14(21)6-24-19(11)26-8-17(27)25(18(20(26)28)13-9-29-10-13)7-12-2-3-16(23)15(22)5-12/h11-16,18-19,24H,2-10H2,1H3/t11?,12?,14?,15?,16?,18-,19?/m1/s1. The first-order chi connectivity index (χ1) is 13.8. The van der Waals surface area contributed by atoms with Gasteiger partial charge in [-0.2, -0.15) is 0 Å². The van der Waals surface area contributed by atoms with Crippen molar-refractivity contribution in [2.45, 2.75) is 61.7 Å². The van der Waals surface area contributed by atoms with E-state index in [9.17, 15) is 14.0 Å². The summed E-state index contributed by atoms with van der Waals surface area (Å²) in [6.07, 6.45) is 1.29. The van der Waals surface area contributed by atoms with E-state index in [1.165, 1.54) is 0 Å². The lowest BCUT2D eigenvalue weighted by Crippen LogP contribution is -2.70. The zero-order valence-corrected chi connectivity index (χ0v) is 18.2. The lowest BCUT2D eigenvalue weighted by molar-refractivity contribution is -0.173. The van der Waals surface area contributed by atoms with Crippen LogP contribution in [0.2, 0.25) is 0 Å². The molecule has 9 heteroatoms. The molecule has 1 N–H and O–H groups in total. The van der Waals surface area contributed by atoms with Gasteiger partial charge in [-0.25, -0.2) is 4.39 Å². The van der Waals surface area contributed by atoms with Gasteiger partial charge in [0, 0.05) is 24.4 Å². The number of hydrogen-bond donors (Lipinski definition) is 1. The molecule has 6 nitrogen and oxygen atoms in total. The van der Waals surface area contributed by atoms with Crippen LogP contribution < -0.4 is 5.32 Å². The molecule has 4 aliphatic rings. The number of nitrogens with zero attached hydrogens (tertiary/aromatic N) is 2. The van der Waals surface area contributed by atoms with E-state index in [-0.39, 0.29) is 47.7 Å². The van der Waals surface area contributed by atoms with Crippen LogP contribution in [-0.4, -0.2) is 83.6 Å². The molecular formula is C20H30Cl2FN3O3. The van der Waals surface area contributed by atoms with Gasteiger partial charge in [0.25, 0.3) is 0 Å². The molecule has 7 atom stereocenters. The van der Waals surface area contributed by atoms with Gasteiger partial charge in [-0.05, 0) is 37.5 Å². The van der Waals surface area contributed by atoms with Crippen molar-refractivity contribution < 1.29 is 18.7 Å². The molecule has 0 aromatic rings. The second-order valence-electron chi connectivity index (χ2n) is 9.13. The summed E-state index contributed by atoms with van der Waals surface area (Å²) in [5.41, 5.74) is 0. The molecule has 1 saturated carbocycles. The topological polar surface area (TPSA) is 61.9 Å². The van der Waals surface area contributed by atoms with Gasteiger partial charge in [0.05, 0.1) is 24.8 Å². The highest BCUT2D eigenvalue weighted by molar-refractivity contribution is 6.21. The molecule has 3 aliphatic heterocycles. The van der Waals surface area contributed by atoms with E-state index in [1.807, 2.05) is 0 Å². The highest BCUT2D eigenvalue weighted by Crippen LogP contribution is 2.34. The summed E-state index contributed by atoms with van der Waals surface area (Å²) >= 11 is 12.4. The molecule has 0 spiro atoms. The van der Waals surface area contributed by atoms with E-state index < -0.39 is 17.6 Å². The van der Waals surface area contributed by atoms with Crippen LogP contribution in [-0.2, 0) is 14.3 Å². The Kier molecular flexibility index (Phi) is 6.59. The van der Waals surface area contributed by atoms with Gasteiger partial charge in [0.15, 0.2) is 0 Å². The van der Waals surface area contributed by atoms with E-state index in [0.717, 1.165) is 6.42 Å². The quantitative estimate of drug-likeness (QED) is 0.666. The molecule has 164 valence electrons. The molecule has 3 heterocycles. The van der Waals surface area contributed by atoms with Gasteiger partial charge in [-0.15, -0.1) is 23.2 Å². The zero-order chi connectivity index (χ0) is 20.7. The molecule has 2 amide bonds. The Balaban J connectivity index is 1.50. The summed E-state index contributed by atoms with van der Waals surface area (Å²) in [6, 6.07) is -0.510.